The highest BCUT2D eigenvalue weighted by atomic mass is 35.5. The van der Waals surface area contributed by atoms with Crippen LogP contribution in [0.4, 0.5) is 11.4 Å². The molecule has 5 rings (SSSR count). The molecule has 2 aliphatic heterocycles. The van der Waals surface area contributed by atoms with Crippen LogP contribution < -0.4 is 9.80 Å². The number of nitrogens with zero attached hydrogens (tertiary/aromatic N) is 3. The molecular weight excluding hydrogens is 434 g/mol. The molecule has 0 aromatic heterocycles. The molecule has 0 aliphatic carbocycles. The largest absolute Gasteiger partial charge is 0.368 e. The molecule has 2 amide bonds. The number of hydrogen-bond acceptors (Lipinski definition) is 4. The summed E-state index contributed by atoms with van der Waals surface area (Å²) in [6, 6.07) is 24.9. The van der Waals surface area contributed by atoms with Crippen molar-refractivity contribution in [3.63, 3.8) is 0 Å². The van der Waals surface area contributed by atoms with E-state index in [1.165, 1.54) is 10.6 Å². The van der Waals surface area contributed by atoms with E-state index in [1.807, 2.05) is 61.5 Å². The lowest BCUT2D eigenvalue weighted by Crippen LogP contribution is -2.47. The quantitative estimate of drug-likeness (QED) is 0.530. The molecule has 1 saturated heterocycles. The zero-order chi connectivity index (χ0) is 22.9. The number of hydrogen-bond donors (Lipinski definition) is 0. The predicted octanol–water partition coefficient (Wildman–Crippen LogP) is 4.76. The van der Waals surface area contributed by atoms with Gasteiger partial charge in [-0.3, -0.25) is 9.59 Å². The molecule has 1 fully saturated rings. The first-order chi connectivity index (χ1) is 16.0. The Kier molecular flexibility index (Phi) is 5.65. The highest BCUT2D eigenvalue weighted by Gasteiger charge is 2.43. The van der Waals surface area contributed by atoms with Crippen molar-refractivity contribution in [2.45, 2.75) is 6.92 Å². The number of amides is 2. The molecule has 0 N–H and O–H groups in total. The van der Waals surface area contributed by atoms with Gasteiger partial charge in [-0.05, 0) is 48.4 Å². The first-order valence-electron chi connectivity index (χ1n) is 11.0. The second-order valence-electron chi connectivity index (χ2n) is 8.27. The number of imide groups is 1. The average Bonchev–Trinajstić information content (AvgIpc) is 3.10. The monoisotopic (exact) mass is 457 g/mol. The van der Waals surface area contributed by atoms with Crippen LogP contribution in [0.5, 0.6) is 0 Å². The van der Waals surface area contributed by atoms with Crippen molar-refractivity contribution in [1.29, 1.82) is 0 Å². The third kappa shape index (κ3) is 3.89. The van der Waals surface area contributed by atoms with Crippen molar-refractivity contribution >= 4 is 40.4 Å². The lowest BCUT2D eigenvalue weighted by atomic mass is 10.0. The molecule has 6 heteroatoms. The maximum atomic E-state index is 13.7. The molecule has 3 aromatic carbocycles. The summed E-state index contributed by atoms with van der Waals surface area (Å²) < 4.78 is 0. The fourth-order valence-corrected chi connectivity index (χ4v) is 4.67. The summed E-state index contributed by atoms with van der Waals surface area (Å²) >= 11 is 6.09. The van der Waals surface area contributed by atoms with Crippen LogP contribution in [0.1, 0.15) is 11.1 Å². The van der Waals surface area contributed by atoms with E-state index in [1.54, 1.807) is 12.1 Å². The van der Waals surface area contributed by atoms with E-state index in [4.69, 9.17) is 11.6 Å². The van der Waals surface area contributed by atoms with Gasteiger partial charge < -0.3 is 9.80 Å². The molecule has 0 saturated carbocycles. The van der Waals surface area contributed by atoms with E-state index in [0.29, 0.717) is 40.6 Å². The first kappa shape index (κ1) is 21.3. The van der Waals surface area contributed by atoms with E-state index in [-0.39, 0.29) is 11.8 Å². The Hall–Kier alpha value is -3.57. The SMILES string of the molecule is Cc1ccccc1N1C(=O)C(c2ccc(Cl)cc2)=C(N2CCN(c3ccccc3)CC2)C1=O. The third-order valence-corrected chi connectivity index (χ3v) is 6.52. The fraction of sp³-hybridized carbons (Fsp3) is 0.185. The molecule has 0 unspecified atom stereocenters. The topological polar surface area (TPSA) is 43.9 Å². The molecular formula is C27H24ClN3O2. The second kappa shape index (κ2) is 8.75. The lowest BCUT2D eigenvalue weighted by molar-refractivity contribution is -0.120. The number of carbonyl (C=O) groups is 2. The molecule has 166 valence electrons. The van der Waals surface area contributed by atoms with Gasteiger partial charge in [0, 0.05) is 36.9 Å². The minimum absolute atomic E-state index is 0.271. The van der Waals surface area contributed by atoms with E-state index >= 15 is 0 Å². The molecule has 0 bridgehead atoms. The summed E-state index contributed by atoms with van der Waals surface area (Å²) in [4.78, 5) is 33.1. The molecule has 3 aromatic rings. The maximum absolute atomic E-state index is 13.7. The van der Waals surface area contributed by atoms with Crippen molar-refractivity contribution in [3.05, 3.63) is 101 Å². The normalized spacial score (nSPS) is 16.7. The summed E-state index contributed by atoms with van der Waals surface area (Å²) in [5, 5.41) is 0.588. The van der Waals surface area contributed by atoms with Gasteiger partial charge in [0.25, 0.3) is 11.8 Å². The van der Waals surface area contributed by atoms with Crippen molar-refractivity contribution in [3.8, 4) is 0 Å². The standard InChI is InChI=1S/C27H24ClN3O2/c1-19-7-5-6-10-23(19)31-26(32)24(20-11-13-21(28)14-12-20)25(27(31)33)30-17-15-29(16-18-30)22-8-3-2-4-9-22/h2-14H,15-18H2,1H3. The predicted molar refractivity (Wildman–Crippen MR) is 132 cm³/mol. The van der Waals surface area contributed by atoms with Crippen LogP contribution in [-0.2, 0) is 9.59 Å². The number of aryl methyl sites for hydroxylation is 1. The zero-order valence-electron chi connectivity index (χ0n) is 18.4. The highest BCUT2D eigenvalue weighted by Crippen LogP contribution is 2.36. The molecule has 0 spiro atoms. The number of para-hydroxylation sites is 2. The Morgan fingerprint density at radius 1 is 0.697 bits per heavy atom. The Balaban J connectivity index is 1.52. The molecule has 33 heavy (non-hydrogen) atoms. The number of carbonyl (C=O) groups excluding carboxylic acids is 2. The van der Waals surface area contributed by atoms with E-state index in [2.05, 4.69) is 21.9 Å². The number of benzene rings is 3. The Morgan fingerprint density at radius 2 is 1.30 bits per heavy atom. The fourth-order valence-electron chi connectivity index (χ4n) is 4.55. The van der Waals surface area contributed by atoms with E-state index < -0.39 is 0 Å². The van der Waals surface area contributed by atoms with Crippen LogP contribution in [0, 0.1) is 6.92 Å². The van der Waals surface area contributed by atoms with Gasteiger partial charge in [0.2, 0.25) is 0 Å². The number of piperazine rings is 1. The van der Waals surface area contributed by atoms with Gasteiger partial charge in [-0.25, -0.2) is 4.90 Å². The molecule has 2 aliphatic rings. The second-order valence-corrected chi connectivity index (χ2v) is 8.71. The third-order valence-electron chi connectivity index (χ3n) is 6.27. The van der Waals surface area contributed by atoms with Gasteiger partial charge in [-0.1, -0.05) is 60.1 Å². The maximum Gasteiger partial charge on any atom is 0.282 e. The van der Waals surface area contributed by atoms with Crippen molar-refractivity contribution in [2.24, 2.45) is 0 Å². The summed E-state index contributed by atoms with van der Waals surface area (Å²) in [6.07, 6.45) is 0. The number of halogens is 1. The molecule has 2 heterocycles. The van der Waals surface area contributed by atoms with Crippen LogP contribution in [0.25, 0.3) is 5.57 Å². The van der Waals surface area contributed by atoms with Gasteiger partial charge in [0.1, 0.15) is 5.70 Å². The van der Waals surface area contributed by atoms with Crippen LogP contribution in [0.15, 0.2) is 84.6 Å². The van der Waals surface area contributed by atoms with Crippen LogP contribution in [0.2, 0.25) is 5.02 Å². The zero-order valence-corrected chi connectivity index (χ0v) is 19.1. The molecule has 0 atom stereocenters. The van der Waals surface area contributed by atoms with Crippen molar-refractivity contribution in [2.75, 3.05) is 36.0 Å². The Labute approximate surface area is 198 Å². The van der Waals surface area contributed by atoms with E-state index in [9.17, 15) is 9.59 Å². The smallest absolute Gasteiger partial charge is 0.282 e. The minimum Gasteiger partial charge on any atom is -0.368 e. The van der Waals surface area contributed by atoms with Gasteiger partial charge >= 0.3 is 0 Å². The van der Waals surface area contributed by atoms with Crippen molar-refractivity contribution < 1.29 is 9.59 Å². The average molecular weight is 458 g/mol. The van der Waals surface area contributed by atoms with Crippen molar-refractivity contribution in [1.82, 2.24) is 4.90 Å². The summed E-state index contributed by atoms with van der Waals surface area (Å²) in [5.74, 6) is -0.565. The minimum atomic E-state index is -0.294. The van der Waals surface area contributed by atoms with Crippen LogP contribution in [-0.4, -0.2) is 42.9 Å². The highest BCUT2D eigenvalue weighted by molar-refractivity contribution is 6.45. The Morgan fingerprint density at radius 3 is 1.97 bits per heavy atom. The van der Waals surface area contributed by atoms with Crippen LogP contribution in [0.3, 0.4) is 0 Å². The number of rotatable bonds is 4. The number of anilines is 2. The van der Waals surface area contributed by atoms with Gasteiger partial charge in [-0.2, -0.15) is 0 Å². The summed E-state index contributed by atoms with van der Waals surface area (Å²) in [7, 11) is 0. The molecule has 5 nitrogen and oxygen atoms in total. The first-order valence-corrected chi connectivity index (χ1v) is 11.4. The van der Waals surface area contributed by atoms with Gasteiger partial charge in [0.15, 0.2) is 0 Å². The molecule has 0 radical (unpaired) electrons. The van der Waals surface area contributed by atoms with Gasteiger partial charge in [-0.15, -0.1) is 0 Å². The summed E-state index contributed by atoms with van der Waals surface area (Å²) in [6.45, 7) is 4.76. The summed E-state index contributed by atoms with van der Waals surface area (Å²) in [5.41, 5.74) is 4.28. The van der Waals surface area contributed by atoms with E-state index in [0.717, 1.165) is 18.7 Å². The lowest BCUT2D eigenvalue weighted by Gasteiger charge is -2.37. The Bertz CT molecular complexity index is 1230. The van der Waals surface area contributed by atoms with Gasteiger partial charge in [0.05, 0.1) is 11.3 Å². The van der Waals surface area contributed by atoms with Crippen LogP contribution >= 0.6 is 11.6 Å².